The van der Waals surface area contributed by atoms with Gasteiger partial charge in [-0.25, -0.2) is 8.42 Å². The van der Waals surface area contributed by atoms with Crippen molar-refractivity contribution in [2.45, 2.75) is 19.0 Å². The van der Waals surface area contributed by atoms with Crippen molar-refractivity contribution < 1.29 is 8.42 Å². The van der Waals surface area contributed by atoms with Crippen LogP contribution >= 0.6 is 35.0 Å². The van der Waals surface area contributed by atoms with Crippen molar-refractivity contribution in [3.63, 3.8) is 0 Å². The van der Waals surface area contributed by atoms with Crippen molar-refractivity contribution in [1.29, 1.82) is 0 Å². The van der Waals surface area contributed by atoms with Crippen LogP contribution in [0.1, 0.15) is 6.92 Å². The second kappa shape index (κ2) is 5.65. The van der Waals surface area contributed by atoms with Crippen molar-refractivity contribution >= 4 is 55.7 Å². The van der Waals surface area contributed by atoms with Crippen molar-refractivity contribution in [2.24, 2.45) is 4.99 Å². The number of rotatable bonds is 2. The molecule has 0 aliphatic carbocycles. The topological polar surface area (TPSA) is 49.7 Å². The lowest BCUT2D eigenvalue weighted by Gasteiger charge is -2.26. The summed E-state index contributed by atoms with van der Waals surface area (Å²) in [7, 11) is -3.02. The fourth-order valence-electron chi connectivity index (χ4n) is 2.70. The van der Waals surface area contributed by atoms with Crippen LogP contribution in [0.15, 0.2) is 23.2 Å². The summed E-state index contributed by atoms with van der Waals surface area (Å²) in [5.41, 5.74) is 0.841. The molecule has 0 N–H and O–H groups in total. The van der Waals surface area contributed by atoms with Crippen molar-refractivity contribution in [3.8, 4) is 0 Å². The lowest BCUT2D eigenvalue weighted by molar-refractivity contribution is 0.601. The number of benzene rings is 1. The van der Waals surface area contributed by atoms with E-state index >= 15 is 0 Å². The third kappa shape index (κ3) is 2.91. The Hall–Kier alpha value is -0.430. The molecule has 0 bridgehead atoms. The van der Waals surface area contributed by atoms with Gasteiger partial charge >= 0.3 is 0 Å². The Morgan fingerprint density at radius 3 is 2.76 bits per heavy atom. The van der Waals surface area contributed by atoms with E-state index in [1.54, 1.807) is 23.9 Å². The maximum absolute atomic E-state index is 11.9. The first kappa shape index (κ1) is 15.5. The van der Waals surface area contributed by atoms with Crippen LogP contribution in [0.25, 0.3) is 0 Å². The van der Waals surface area contributed by atoms with E-state index in [-0.39, 0.29) is 23.6 Å². The fourth-order valence-corrected chi connectivity index (χ4v) is 5.68. The number of hydrogen-bond acceptors (Lipinski definition) is 5. The van der Waals surface area contributed by atoms with Gasteiger partial charge in [0.1, 0.15) is 0 Å². The predicted molar refractivity (Wildman–Crippen MR) is 90.7 cm³/mol. The minimum absolute atomic E-state index is 0.128. The van der Waals surface area contributed by atoms with Gasteiger partial charge in [0, 0.05) is 5.69 Å². The molecule has 4 nitrogen and oxygen atoms in total. The predicted octanol–water partition coefficient (Wildman–Crippen LogP) is 3.09. The average Bonchev–Trinajstić information content (AvgIpc) is 2.85. The highest BCUT2D eigenvalue weighted by Gasteiger charge is 2.47. The third-order valence-electron chi connectivity index (χ3n) is 3.56. The molecule has 0 amide bonds. The molecular weight excluding hydrogens is 351 g/mol. The molecule has 0 spiro atoms. The zero-order valence-electron chi connectivity index (χ0n) is 11.3. The van der Waals surface area contributed by atoms with Crippen molar-refractivity contribution in [3.05, 3.63) is 28.2 Å². The number of sulfone groups is 1. The van der Waals surface area contributed by atoms with E-state index in [1.807, 2.05) is 17.9 Å². The van der Waals surface area contributed by atoms with E-state index in [0.717, 1.165) is 16.6 Å². The summed E-state index contributed by atoms with van der Waals surface area (Å²) in [5.74, 6) is 1.14. The lowest BCUT2D eigenvalue weighted by Crippen LogP contribution is -2.39. The Balaban J connectivity index is 2.01. The van der Waals surface area contributed by atoms with Gasteiger partial charge in [0.25, 0.3) is 0 Å². The molecule has 1 fully saturated rings. The summed E-state index contributed by atoms with van der Waals surface area (Å²) in [5, 5.41) is 1.80. The summed E-state index contributed by atoms with van der Waals surface area (Å²) < 4.78 is 23.7. The molecule has 114 valence electrons. The molecule has 0 radical (unpaired) electrons. The molecule has 21 heavy (non-hydrogen) atoms. The maximum Gasteiger partial charge on any atom is 0.164 e. The van der Waals surface area contributed by atoms with Crippen LogP contribution in [0.5, 0.6) is 0 Å². The second-order valence-corrected chi connectivity index (χ2v) is 9.22. The lowest BCUT2D eigenvalue weighted by atomic mass is 10.1. The number of nitrogens with zero attached hydrogens (tertiary/aromatic N) is 2. The fraction of sp³-hybridized carbons (Fsp3) is 0.462. The quantitative estimate of drug-likeness (QED) is 0.808. The smallest absolute Gasteiger partial charge is 0.164 e. The molecule has 2 aliphatic heterocycles. The van der Waals surface area contributed by atoms with Gasteiger partial charge in [0.15, 0.2) is 15.0 Å². The number of halogens is 2. The van der Waals surface area contributed by atoms with E-state index in [4.69, 9.17) is 23.2 Å². The zero-order valence-corrected chi connectivity index (χ0v) is 14.4. The highest BCUT2D eigenvalue weighted by atomic mass is 35.5. The van der Waals surface area contributed by atoms with Gasteiger partial charge in [-0.3, -0.25) is 4.99 Å². The molecule has 1 saturated heterocycles. The summed E-state index contributed by atoms with van der Waals surface area (Å²) in [4.78, 5) is 6.59. The van der Waals surface area contributed by atoms with Crippen LogP contribution in [0.2, 0.25) is 10.0 Å². The molecule has 0 saturated carbocycles. The van der Waals surface area contributed by atoms with Gasteiger partial charge < -0.3 is 4.90 Å². The Labute approximate surface area is 138 Å². The Morgan fingerprint density at radius 1 is 1.33 bits per heavy atom. The van der Waals surface area contributed by atoms with E-state index in [2.05, 4.69) is 4.99 Å². The van der Waals surface area contributed by atoms with Gasteiger partial charge in [-0.15, -0.1) is 0 Å². The van der Waals surface area contributed by atoms with Gasteiger partial charge in [-0.2, -0.15) is 0 Å². The first-order valence-corrected chi connectivity index (χ1v) is 10.1. The molecule has 1 aromatic carbocycles. The largest absolute Gasteiger partial charge is 0.315 e. The third-order valence-corrected chi connectivity index (χ3v) is 6.85. The van der Waals surface area contributed by atoms with Gasteiger partial charge in [-0.05, 0) is 24.0 Å². The van der Waals surface area contributed by atoms with E-state index in [1.165, 1.54) is 0 Å². The summed E-state index contributed by atoms with van der Waals surface area (Å²) in [6.07, 6.45) is 0. The molecule has 0 unspecified atom stereocenters. The molecule has 1 aromatic rings. The van der Waals surface area contributed by atoms with Crippen LogP contribution in [-0.2, 0) is 9.84 Å². The normalized spacial score (nSPS) is 26.8. The minimum Gasteiger partial charge on any atom is -0.315 e. The molecular formula is C13H14Cl2N2O2S2. The Bertz CT molecular complexity index is 706. The minimum atomic E-state index is -3.02. The van der Waals surface area contributed by atoms with Crippen molar-refractivity contribution in [1.82, 2.24) is 0 Å². The molecule has 3 rings (SSSR count). The van der Waals surface area contributed by atoms with Crippen LogP contribution < -0.4 is 4.90 Å². The Kier molecular flexibility index (Phi) is 4.16. The number of fused-ring (bicyclic) bond motifs is 1. The highest BCUT2D eigenvalue weighted by molar-refractivity contribution is 8.14. The number of aliphatic imine (C=N–C) groups is 1. The number of thioether (sulfide) groups is 1. The van der Waals surface area contributed by atoms with E-state index < -0.39 is 9.84 Å². The molecule has 2 aliphatic rings. The van der Waals surface area contributed by atoms with Gasteiger partial charge in [-0.1, -0.05) is 41.9 Å². The summed E-state index contributed by atoms with van der Waals surface area (Å²) in [6.45, 7) is 2.05. The SMILES string of the molecule is CCSC1=N[C@@H]2CS(=O)(=O)C[C@@H]2N1c1ccc(Cl)c(Cl)c1. The highest BCUT2D eigenvalue weighted by Crippen LogP contribution is 2.37. The first-order chi connectivity index (χ1) is 9.91. The average molecular weight is 365 g/mol. The van der Waals surface area contributed by atoms with Crippen LogP contribution in [-0.4, -0.2) is 42.9 Å². The van der Waals surface area contributed by atoms with Gasteiger partial charge in [0.05, 0.1) is 33.6 Å². The number of anilines is 1. The number of amidine groups is 1. The first-order valence-electron chi connectivity index (χ1n) is 6.56. The van der Waals surface area contributed by atoms with Crippen LogP contribution in [0.4, 0.5) is 5.69 Å². The van der Waals surface area contributed by atoms with E-state index in [0.29, 0.717) is 10.0 Å². The summed E-state index contributed by atoms with van der Waals surface area (Å²) in [6, 6.07) is 5.03. The molecule has 2 heterocycles. The second-order valence-electron chi connectivity index (χ2n) is 5.02. The molecule has 8 heteroatoms. The molecule has 2 atom stereocenters. The molecule has 0 aromatic heterocycles. The Morgan fingerprint density at radius 2 is 2.10 bits per heavy atom. The van der Waals surface area contributed by atoms with E-state index in [9.17, 15) is 8.42 Å². The van der Waals surface area contributed by atoms with Crippen molar-refractivity contribution in [2.75, 3.05) is 22.2 Å². The monoisotopic (exact) mass is 364 g/mol. The standard InChI is InChI=1S/C13H14Cl2N2O2S2/c1-2-20-13-16-11-6-21(18,19)7-12(11)17(13)8-3-4-9(14)10(15)5-8/h3-5,11-12H,2,6-7H2,1H3/t11-,12+/m1/s1. The van der Waals surface area contributed by atoms with Crippen LogP contribution in [0, 0.1) is 0 Å². The maximum atomic E-state index is 11.9. The zero-order chi connectivity index (χ0) is 15.2. The summed E-state index contributed by atoms with van der Waals surface area (Å²) >= 11 is 13.7. The van der Waals surface area contributed by atoms with Crippen LogP contribution in [0.3, 0.4) is 0 Å². The van der Waals surface area contributed by atoms with Gasteiger partial charge in [0.2, 0.25) is 0 Å². The number of hydrogen-bond donors (Lipinski definition) is 0.